The average Bonchev–Trinajstić information content (AvgIpc) is 3.22. The normalized spacial score (nSPS) is 14.5. The number of anilines is 3. The monoisotopic (exact) mass is 401 g/mol. The van der Waals surface area contributed by atoms with Crippen molar-refractivity contribution in [2.75, 3.05) is 31.9 Å². The van der Waals surface area contributed by atoms with Crippen LogP contribution in [-0.4, -0.2) is 31.2 Å². The number of nitriles is 1. The van der Waals surface area contributed by atoms with Crippen LogP contribution in [0.4, 0.5) is 17.5 Å². The Balaban J connectivity index is 1.71. The van der Waals surface area contributed by atoms with Crippen LogP contribution in [0.1, 0.15) is 34.7 Å². The molecule has 0 unspecified atom stereocenters. The topological polar surface area (TPSA) is 92.1 Å². The summed E-state index contributed by atoms with van der Waals surface area (Å²) in [6.45, 7) is 0. The van der Waals surface area contributed by atoms with Gasteiger partial charge in [-0.2, -0.15) is 10.2 Å². The molecule has 0 saturated carbocycles. The van der Waals surface area contributed by atoms with E-state index < -0.39 is 0 Å². The van der Waals surface area contributed by atoms with Crippen molar-refractivity contribution in [2.24, 2.45) is 0 Å². The molecule has 2 aromatic carbocycles. The fraction of sp³-hybridized carbons (Fsp3) is 0.261. The van der Waals surface area contributed by atoms with E-state index in [1.165, 1.54) is 5.56 Å². The van der Waals surface area contributed by atoms with Crippen molar-refractivity contribution in [1.29, 1.82) is 5.26 Å². The summed E-state index contributed by atoms with van der Waals surface area (Å²) in [5.41, 5.74) is 4.58. The quantitative estimate of drug-likeness (QED) is 0.638. The van der Waals surface area contributed by atoms with Crippen LogP contribution in [0.15, 0.2) is 42.5 Å². The van der Waals surface area contributed by atoms with Crippen molar-refractivity contribution < 1.29 is 9.47 Å². The van der Waals surface area contributed by atoms with Gasteiger partial charge in [0.2, 0.25) is 5.95 Å². The van der Waals surface area contributed by atoms with E-state index in [0.717, 1.165) is 41.4 Å². The maximum atomic E-state index is 9.19. The summed E-state index contributed by atoms with van der Waals surface area (Å²) < 4.78 is 10.7. The van der Waals surface area contributed by atoms with Gasteiger partial charge in [-0.3, -0.25) is 0 Å². The SMILES string of the molecule is CNc1nc(Nc2ccc(C#N)c(OC)c2)nc2c1CC[C@H]2c1cccc(OC)c1. The molecule has 0 bridgehead atoms. The second kappa shape index (κ2) is 8.29. The van der Waals surface area contributed by atoms with Gasteiger partial charge in [-0.1, -0.05) is 12.1 Å². The summed E-state index contributed by atoms with van der Waals surface area (Å²) in [6.07, 6.45) is 1.89. The largest absolute Gasteiger partial charge is 0.497 e. The lowest BCUT2D eigenvalue weighted by Gasteiger charge is -2.16. The molecule has 1 heterocycles. The van der Waals surface area contributed by atoms with Gasteiger partial charge in [0.25, 0.3) is 0 Å². The summed E-state index contributed by atoms with van der Waals surface area (Å²) in [5.74, 6) is 2.85. The molecular formula is C23H23N5O2. The van der Waals surface area contributed by atoms with E-state index in [4.69, 9.17) is 14.5 Å². The Morgan fingerprint density at radius 3 is 2.70 bits per heavy atom. The van der Waals surface area contributed by atoms with Gasteiger partial charge in [0.1, 0.15) is 23.4 Å². The molecule has 1 aromatic heterocycles. The van der Waals surface area contributed by atoms with Crippen molar-refractivity contribution in [2.45, 2.75) is 18.8 Å². The fourth-order valence-corrected chi connectivity index (χ4v) is 3.90. The Labute approximate surface area is 175 Å². The molecule has 7 nitrogen and oxygen atoms in total. The van der Waals surface area contributed by atoms with E-state index in [0.29, 0.717) is 17.3 Å². The lowest BCUT2D eigenvalue weighted by molar-refractivity contribution is 0.413. The maximum absolute atomic E-state index is 9.19. The highest BCUT2D eigenvalue weighted by Crippen LogP contribution is 2.41. The predicted molar refractivity (Wildman–Crippen MR) is 116 cm³/mol. The second-order valence-corrected chi connectivity index (χ2v) is 7.03. The Hall–Kier alpha value is -3.79. The van der Waals surface area contributed by atoms with Crippen molar-refractivity contribution in [3.8, 4) is 17.6 Å². The molecule has 0 saturated heterocycles. The molecule has 30 heavy (non-hydrogen) atoms. The molecule has 4 rings (SSSR count). The molecule has 1 atom stereocenters. The molecule has 0 amide bonds. The minimum Gasteiger partial charge on any atom is -0.497 e. The fourth-order valence-electron chi connectivity index (χ4n) is 3.90. The number of hydrogen-bond donors (Lipinski definition) is 2. The Morgan fingerprint density at radius 1 is 1.10 bits per heavy atom. The van der Waals surface area contributed by atoms with Crippen LogP contribution in [0.3, 0.4) is 0 Å². The van der Waals surface area contributed by atoms with Gasteiger partial charge in [0, 0.05) is 30.3 Å². The van der Waals surface area contributed by atoms with Crippen molar-refractivity contribution in [1.82, 2.24) is 9.97 Å². The summed E-state index contributed by atoms with van der Waals surface area (Å²) in [4.78, 5) is 9.51. The van der Waals surface area contributed by atoms with Crippen LogP contribution in [0.2, 0.25) is 0 Å². The number of nitrogens with one attached hydrogen (secondary N) is 2. The average molecular weight is 401 g/mol. The first-order chi connectivity index (χ1) is 14.7. The number of nitrogens with zero attached hydrogens (tertiary/aromatic N) is 3. The number of methoxy groups -OCH3 is 2. The number of ether oxygens (including phenoxy) is 2. The highest BCUT2D eigenvalue weighted by atomic mass is 16.5. The first-order valence-corrected chi connectivity index (χ1v) is 9.74. The van der Waals surface area contributed by atoms with E-state index in [-0.39, 0.29) is 5.92 Å². The number of hydrogen-bond acceptors (Lipinski definition) is 7. The van der Waals surface area contributed by atoms with Crippen LogP contribution in [0, 0.1) is 11.3 Å². The molecule has 0 radical (unpaired) electrons. The van der Waals surface area contributed by atoms with Crippen LogP contribution in [0.25, 0.3) is 0 Å². The van der Waals surface area contributed by atoms with Crippen LogP contribution >= 0.6 is 0 Å². The zero-order chi connectivity index (χ0) is 21.1. The first-order valence-electron chi connectivity index (χ1n) is 9.74. The first kappa shape index (κ1) is 19.5. The van der Waals surface area contributed by atoms with Gasteiger partial charge in [-0.05, 0) is 42.7 Å². The third-order valence-corrected chi connectivity index (χ3v) is 5.36. The lowest BCUT2D eigenvalue weighted by atomic mass is 9.96. The minimum atomic E-state index is 0.182. The van der Waals surface area contributed by atoms with E-state index in [9.17, 15) is 5.26 Å². The molecule has 2 N–H and O–H groups in total. The lowest BCUT2D eigenvalue weighted by Crippen LogP contribution is -2.08. The predicted octanol–water partition coefficient (Wildman–Crippen LogP) is 4.23. The van der Waals surface area contributed by atoms with E-state index in [1.54, 1.807) is 26.4 Å². The standard InChI is InChI=1S/C23H23N5O2/c1-25-22-19-10-9-18(14-5-4-6-17(11-14)29-2)21(19)27-23(28-22)26-16-8-7-15(13-24)20(12-16)30-3/h4-8,11-12,18H,9-10H2,1-3H3,(H2,25,26,27,28)/t18-/m0/s1. The zero-order valence-electron chi connectivity index (χ0n) is 17.2. The van der Waals surface area contributed by atoms with Gasteiger partial charge >= 0.3 is 0 Å². The highest BCUT2D eigenvalue weighted by molar-refractivity contribution is 5.63. The van der Waals surface area contributed by atoms with E-state index in [1.807, 2.05) is 25.2 Å². The summed E-state index contributed by atoms with van der Waals surface area (Å²) in [6, 6.07) is 15.6. The number of fused-ring (bicyclic) bond motifs is 1. The summed E-state index contributed by atoms with van der Waals surface area (Å²) in [5, 5.41) is 15.6. The van der Waals surface area contributed by atoms with E-state index >= 15 is 0 Å². The van der Waals surface area contributed by atoms with Crippen molar-refractivity contribution in [3.05, 3.63) is 64.8 Å². The molecule has 7 heteroatoms. The molecule has 0 aliphatic heterocycles. The van der Waals surface area contributed by atoms with Crippen LogP contribution in [-0.2, 0) is 6.42 Å². The molecule has 0 fully saturated rings. The molecule has 3 aromatic rings. The van der Waals surface area contributed by atoms with Gasteiger partial charge in [-0.25, -0.2) is 4.98 Å². The van der Waals surface area contributed by atoms with Crippen LogP contribution in [0.5, 0.6) is 11.5 Å². The molecule has 1 aliphatic carbocycles. The van der Waals surface area contributed by atoms with Gasteiger partial charge in [0.05, 0.1) is 25.5 Å². The number of aromatic nitrogens is 2. The molecule has 1 aliphatic rings. The van der Waals surface area contributed by atoms with Gasteiger partial charge in [-0.15, -0.1) is 0 Å². The molecule has 0 spiro atoms. The third kappa shape index (κ3) is 3.60. The molecule has 152 valence electrons. The highest BCUT2D eigenvalue weighted by Gasteiger charge is 2.29. The van der Waals surface area contributed by atoms with Gasteiger partial charge < -0.3 is 20.1 Å². The van der Waals surface area contributed by atoms with Gasteiger partial charge in [0.15, 0.2) is 0 Å². The number of benzene rings is 2. The number of rotatable bonds is 6. The Bertz CT molecular complexity index is 1120. The van der Waals surface area contributed by atoms with E-state index in [2.05, 4.69) is 33.8 Å². The Kier molecular flexibility index (Phi) is 5.40. The maximum Gasteiger partial charge on any atom is 0.229 e. The summed E-state index contributed by atoms with van der Waals surface area (Å²) >= 11 is 0. The van der Waals surface area contributed by atoms with Crippen LogP contribution < -0.4 is 20.1 Å². The molecular weight excluding hydrogens is 378 g/mol. The van der Waals surface area contributed by atoms with Crippen molar-refractivity contribution >= 4 is 17.5 Å². The summed E-state index contributed by atoms with van der Waals surface area (Å²) in [7, 11) is 5.09. The third-order valence-electron chi connectivity index (χ3n) is 5.36. The Morgan fingerprint density at radius 2 is 1.97 bits per heavy atom. The minimum absolute atomic E-state index is 0.182. The zero-order valence-corrected chi connectivity index (χ0v) is 17.2. The van der Waals surface area contributed by atoms with Crippen molar-refractivity contribution in [3.63, 3.8) is 0 Å². The second-order valence-electron chi connectivity index (χ2n) is 7.03. The smallest absolute Gasteiger partial charge is 0.229 e.